The molecule has 6 nitrogen and oxygen atoms in total. The number of halogens is 2. The van der Waals surface area contributed by atoms with Crippen molar-refractivity contribution in [2.24, 2.45) is 4.99 Å². The van der Waals surface area contributed by atoms with Gasteiger partial charge in [-0.1, -0.05) is 11.6 Å². The van der Waals surface area contributed by atoms with E-state index in [0.29, 0.717) is 29.7 Å². The Bertz CT molecular complexity index is 708. The first-order valence-electron chi connectivity index (χ1n) is 8.80. The summed E-state index contributed by atoms with van der Waals surface area (Å²) in [4.78, 5) is 4.62. The molecule has 0 aliphatic rings. The van der Waals surface area contributed by atoms with Crippen LogP contribution in [0.15, 0.2) is 41.7 Å². The van der Waals surface area contributed by atoms with Gasteiger partial charge in [-0.25, -0.2) is 4.99 Å². The first kappa shape index (κ1) is 23.4. The zero-order valence-corrected chi connectivity index (χ0v) is 19.1. The topological polar surface area (TPSA) is 59.8 Å². The highest BCUT2D eigenvalue weighted by Crippen LogP contribution is 2.36. The Hall–Kier alpha value is -1.61. The van der Waals surface area contributed by atoms with Crippen LogP contribution < -0.4 is 20.1 Å². The zero-order chi connectivity index (χ0) is 18.8. The van der Waals surface area contributed by atoms with Crippen LogP contribution in [-0.2, 0) is 13.1 Å². The van der Waals surface area contributed by atoms with Crippen LogP contribution in [-0.4, -0.2) is 37.3 Å². The number of methoxy groups -OCH3 is 1. The summed E-state index contributed by atoms with van der Waals surface area (Å²) in [5, 5.41) is 7.11. The van der Waals surface area contributed by atoms with E-state index < -0.39 is 0 Å². The van der Waals surface area contributed by atoms with E-state index in [0.717, 1.165) is 31.2 Å². The number of ether oxygens (including phenoxy) is 2. The number of benzene rings is 1. The Balaban J connectivity index is 0.00000364. The van der Waals surface area contributed by atoms with Gasteiger partial charge in [0.25, 0.3) is 0 Å². The van der Waals surface area contributed by atoms with Gasteiger partial charge in [0.15, 0.2) is 17.5 Å². The first-order chi connectivity index (χ1) is 12.7. The minimum absolute atomic E-state index is 0. The maximum atomic E-state index is 6.32. The van der Waals surface area contributed by atoms with Gasteiger partial charge in [0.1, 0.15) is 0 Å². The number of nitrogens with zero attached hydrogens (tertiary/aromatic N) is 2. The highest BCUT2D eigenvalue weighted by Gasteiger charge is 2.11. The third-order valence-corrected chi connectivity index (χ3v) is 3.95. The van der Waals surface area contributed by atoms with E-state index in [1.54, 1.807) is 7.11 Å². The predicted molar refractivity (Wildman–Crippen MR) is 122 cm³/mol. The molecule has 0 saturated carbocycles. The summed E-state index contributed by atoms with van der Waals surface area (Å²) in [6.07, 6.45) is 4.08. The number of hydrogen-bond acceptors (Lipinski definition) is 3. The number of hydrogen-bond donors (Lipinski definition) is 2. The Morgan fingerprint density at radius 2 is 1.93 bits per heavy atom. The van der Waals surface area contributed by atoms with Gasteiger partial charge in [-0.2, -0.15) is 0 Å². The molecule has 1 aromatic carbocycles. The van der Waals surface area contributed by atoms with Crippen molar-refractivity contribution in [3.8, 4) is 11.5 Å². The summed E-state index contributed by atoms with van der Waals surface area (Å²) < 4.78 is 13.1. The second kappa shape index (κ2) is 12.7. The highest BCUT2D eigenvalue weighted by molar-refractivity contribution is 14.0. The fraction of sp³-hybridized carbons (Fsp3) is 0.421. The Kier molecular flexibility index (Phi) is 11.0. The van der Waals surface area contributed by atoms with Gasteiger partial charge in [-0.3, -0.25) is 0 Å². The van der Waals surface area contributed by atoms with Gasteiger partial charge in [0, 0.05) is 32.0 Å². The van der Waals surface area contributed by atoms with Gasteiger partial charge >= 0.3 is 0 Å². The molecule has 0 unspecified atom stereocenters. The molecule has 0 fully saturated rings. The summed E-state index contributed by atoms with van der Waals surface area (Å²) >= 11 is 6.32. The van der Waals surface area contributed by atoms with Gasteiger partial charge in [-0.15, -0.1) is 24.0 Å². The van der Waals surface area contributed by atoms with Crippen molar-refractivity contribution in [2.45, 2.75) is 26.9 Å². The number of aromatic nitrogens is 1. The third-order valence-electron chi connectivity index (χ3n) is 3.67. The molecule has 0 radical (unpaired) electrons. The zero-order valence-electron chi connectivity index (χ0n) is 16.0. The van der Waals surface area contributed by atoms with E-state index in [1.165, 1.54) is 0 Å². The van der Waals surface area contributed by atoms with Crippen molar-refractivity contribution in [1.29, 1.82) is 0 Å². The average molecular weight is 507 g/mol. The van der Waals surface area contributed by atoms with Crippen molar-refractivity contribution >= 4 is 41.5 Å². The van der Waals surface area contributed by atoms with Crippen LogP contribution in [0.3, 0.4) is 0 Å². The molecule has 1 aromatic heterocycles. The minimum atomic E-state index is 0. The predicted octanol–water partition coefficient (Wildman–Crippen LogP) is 3.92. The van der Waals surface area contributed by atoms with Crippen LogP contribution in [0.25, 0.3) is 0 Å². The number of rotatable bonds is 9. The lowest BCUT2D eigenvalue weighted by atomic mass is 10.2. The molecule has 0 saturated heterocycles. The summed E-state index contributed by atoms with van der Waals surface area (Å²) in [5.74, 6) is 1.96. The molecule has 2 rings (SSSR count). The molecule has 2 aromatic rings. The molecule has 0 spiro atoms. The van der Waals surface area contributed by atoms with Gasteiger partial charge in [0.2, 0.25) is 0 Å². The summed E-state index contributed by atoms with van der Waals surface area (Å²) in [5.41, 5.74) is 0.956. The molecule has 0 aliphatic heterocycles. The van der Waals surface area contributed by atoms with E-state index in [1.807, 2.05) is 50.5 Å². The second-order valence-electron chi connectivity index (χ2n) is 5.58. The van der Waals surface area contributed by atoms with Gasteiger partial charge in [0.05, 0.1) is 25.3 Å². The Morgan fingerprint density at radius 1 is 1.19 bits per heavy atom. The van der Waals surface area contributed by atoms with Crippen LogP contribution in [0.4, 0.5) is 0 Å². The number of aliphatic imine (C=N–C) groups is 1. The van der Waals surface area contributed by atoms with Crippen LogP contribution in [0, 0.1) is 0 Å². The fourth-order valence-electron chi connectivity index (χ4n) is 2.48. The molecule has 0 atom stereocenters. The molecule has 0 amide bonds. The van der Waals surface area contributed by atoms with E-state index in [2.05, 4.69) is 20.2 Å². The normalized spacial score (nSPS) is 10.9. The van der Waals surface area contributed by atoms with Crippen molar-refractivity contribution in [3.63, 3.8) is 0 Å². The van der Waals surface area contributed by atoms with Crippen LogP contribution >= 0.6 is 35.6 Å². The average Bonchev–Trinajstić information content (AvgIpc) is 3.15. The lowest BCUT2D eigenvalue weighted by molar-refractivity contribution is 0.311. The molecule has 27 heavy (non-hydrogen) atoms. The largest absolute Gasteiger partial charge is 0.493 e. The summed E-state index contributed by atoms with van der Waals surface area (Å²) in [6, 6.07) is 7.80. The van der Waals surface area contributed by atoms with Gasteiger partial charge < -0.3 is 24.7 Å². The van der Waals surface area contributed by atoms with Crippen molar-refractivity contribution in [3.05, 3.63) is 47.2 Å². The van der Waals surface area contributed by atoms with E-state index >= 15 is 0 Å². The second-order valence-corrected chi connectivity index (χ2v) is 5.99. The molecular formula is C19H28ClIN4O2. The molecule has 1 heterocycles. The molecular weight excluding hydrogens is 479 g/mol. The van der Waals surface area contributed by atoms with E-state index in [-0.39, 0.29) is 24.0 Å². The van der Waals surface area contributed by atoms with Crippen LogP contribution in [0.1, 0.15) is 19.4 Å². The smallest absolute Gasteiger partial charge is 0.191 e. The van der Waals surface area contributed by atoms with Crippen molar-refractivity contribution < 1.29 is 9.47 Å². The van der Waals surface area contributed by atoms with Gasteiger partial charge in [-0.05, 0) is 43.7 Å². The molecule has 8 heteroatoms. The van der Waals surface area contributed by atoms with E-state index in [4.69, 9.17) is 21.1 Å². The standard InChI is InChI=1S/C19H27ClN4O2.HI/c1-4-21-19(22-8-11-24-9-6-7-10-24)23-14-15-12-16(20)18(26-5-2)17(13-15)25-3;/h6-7,9-10,12-13H,4-5,8,11,14H2,1-3H3,(H2,21,22,23);1H. The molecule has 150 valence electrons. The molecule has 0 aliphatic carbocycles. The monoisotopic (exact) mass is 506 g/mol. The SMILES string of the molecule is CCNC(=NCc1cc(Cl)c(OCC)c(OC)c1)NCCn1cccc1.I. The minimum Gasteiger partial charge on any atom is -0.493 e. The highest BCUT2D eigenvalue weighted by atomic mass is 127. The first-order valence-corrected chi connectivity index (χ1v) is 9.17. The maximum absolute atomic E-state index is 6.32. The third kappa shape index (κ3) is 7.50. The maximum Gasteiger partial charge on any atom is 0.191 e. The van der Waals surface area contributed by atoms with Crippen LogP contribution in [0.5, 0.6) is 11.5 Å². The molecule has 0 bridgehead atoms. The molecule has 2 N–H and O–H groups in total. The Morgan fingerprint density at radius 3 is 2.56 bits per heavy atom. The van der Waals surface area contributed by atoms with Crippen molar-refractivity contribution in [2.75, 3.05) is 26.8 Å². The number of nitrogens with one attached hydrogen (secondary N) is 2. The Labute approximate surface area is 183 Å². The fourth-order valence-corrected chi connectivity index (χ4v) is 2.77. The van der Waals surface area contributed by atoms with Crippen LogP contribution in [0.2, 0.25) is 5.02 Å². The number of guanidine groups is 1. The summed E-state index contributed by atoms with van der Waals surface area (Å²) in [6.45, 7) is 7.43. The quantitative estimate of drug-likeness (QED) is 0.307. The summed E-state index contributed by atoms with van der Waals surface area (Å²) in [7, 11) is 1.61. The van der Waals surface area contributed by atoms with E-state index in [9.17, 15) is 0 Å². The lowest BCUT2D eigenvalue weighted by Crippen LogP contribution is -2.38. The lowest BCUT2D eigenvalue weighted by Gasteiger charge is -2.14. The van der Waals surface area contributed by atoms with Crippen molar-refractivity contribution in [1.82, 2.24) is 15.2 Å².